The Morgan fingerprint density at radius 2 is 2.08 bits per heavy atom. The first-order valence-corrected chi connectivity index (χ1v) is 9.44. The van der Waals surface area contributed by atoms with Crippen molar-refractivity contribution in [2.45, 2.75) is 62.9 Å². The van der Waals surface area contributed by atoms with Crippen LogP contribution >= 0.6 is 11.8 Å². The molecule has 0 bridgehead atoms. The number of nitrogens with zero attached hydrogens (tertiary/aromatic N) is 2. The van der Waals surface area contributed by atoms with E-state index in [1.165, 1.54) is 44.9 Å². The number of rotatable bonds is 5. The predicted molar refractivity (Wildman–Crippen MR) is 93.4 cm³/mol. The number of thioether (sulfide) groups is 1. The van der Waals surface area contributed by atoms with E-state index in [1.54, 1.807) is 17.8 Å². The quantitative estimate of drug-likeness (QED) is 0.580. The highest BCUT2D eigenvalue weighted by Gasteiger charge is 2.22. The molecule has 2 aromatic heterocycles. The highest BCUT2D eigenvalue weighted by molar-refractivity contribution is 7.98. The molecule has 24 heavy (non-hydrogen) atoms. The first-order valence-electron chi connectivity index (χ1n) is 8.45. The molecule has 0 aromatic carbocycles. The highest BCUT2D eigenvalue weighted by Crippen LogP contribution is 2.35. The van der Waals surface area contributed by atoms with Crippen LogP contribution in [-0.4, -0.2) is 22.6 Å². The summed E-state index contributed by atoms with van der Waals surface area (Å²) in [4.78, 5) is 16.2. The van der Waals surface area contributed by atoms with Crippen LogP contribution in [0.4, 0.5) is 0 Å². The number of esters is 1. The second-order valence-electron chi connectivity index (χ2n) is 6.27. The summed E-state index contributed by atoms with van der Waals surface area (Å²) < 4.78 is 12.6. The van der Waals surface area contributed by atoms with Crippen LogP contribution < -0.4 is 0 Å². The number of carbonyl (C=O) groups excluding carboxylic acids is 1. The van der Waals surface area contributed by atoms with Gasteiger partial charge in [0.2, 0.25) is 5.76 Å². The number of methoxy groups -OCH3 is 1. The topological polar surface area (TPSA) is 57.3 Å². The maximum atomic E-state index is 11.5. The largest absolute Gasteiger partial charge is 0.463 e. The molecule has 1 saturated carbocycles. The smallest absolute Gasteiger partial charge is 0.373 e. The summed E-state index contributed by atoms with van der Waals surface area (Å²) in [6.07, 6.45) is 6.40. The number of aromatic nitrogens is 2. The standard InChI is InChI=1S/C18H24N2O3S/c1-12-13(2)20(14-7-5-4-6-8-14)18(19-12)24-11-15-9-10-16(23-15)17(21)22-3/h9-10,14H,4-8,11H2,1-3H3. The fourth-order valence-electron chi connectivity index (χ4n) is 3.27. The number of hydrogen-bond donors (Lipinski definition) is 0. The Bertz CT molecular complexity index is 714. The summed E-state index contributed by atoms with van der Waals surface area (Å²) in [5.41, 5.74) is 2.36. The number of imidazole rings is 1. The first kappa shape index (κ1) is 17.1. The lowest BCUT2D eigenvalue weighted by atomic mass is 9.95. The van der Waals surface area contributed by atoms with Crippen LogP contribution in [0.25, 0.3) is 0 Å². The molecule has 0 unspecified atom stereocenters. The van der Waals surface area contributed by atoms with Crippen LogP contribution in [-0.2, 0) is 10.5 Å². The van der Waals surface area contributed by atoms with Gasteiger partial charge in [-0.3, -0.25) is 0 Å². The molecule has 1 aliphatic rings. The van der Waals surface area contributed by atoms with E-state index in [0.717, 1.165) is 16.6 Å². The molecule has 1 fully saturated rings. The van der Waals surface area contributed by atoms with Gasteiger partial charge in [0.15, 0.2) is 5.16 Å². The van der Waals surface area contributed by atoms with Gasteiger partial charge in [0.05, 0.1) is 18.6 Å². The zero-order valence-electron chi connectivity index (χ0n) is 14.5. The molecule has 5 nitrogen and oxygen atoms in total. The van der Waals surface area contributed by atoms with Crippen LogP contribution in [0.3, 0.4) is 0 Å². The van der Waals surface area contributed by atoms with Crippen LogP contribution in [0.15, 0.2) is 21.7 Å². The van der Waals surface area contributed by atoms with Gasteiger partial charge in [0.25, 0.3) is 0 Å². The van der Waals surface area contributed by atoms with Crippen molar-refractivity contribution in [1.29, 1.82) is 0 Å². The minimum absolute atomic E-state index is 0.246. The maximum absolute atomic E-state index is 11.5. The third-order valence-corrected chi connectivity index (χ3v) is 5.66. The average molecular weight is 348 g/mol. The van der Waals surface area contributed by atoms with E-state index in [0.29, 0.717) is 11.8 Å². The van der Waals surface area contributed by atoms with Crippen LogP contribution in [0.5, 0.6) is 0 Å². The molecule has 0 radical (unpaired) electrons. The lowest BCUT2D eigenvalue weighted by molar-refractivity contribution is 0.0563. The molecule has 0 spiro atoms. The fraction of sp³-hybridized carbons (Fsp3) is 0.556. The van der Waals surface area contributed by atoms with Gasteiger partial charge >= 0.3 is 5.97 Å². The first-order chi connectivity index (χ1) is 11.6. The number of hydrogen-bond acceptors (Lipinski definition) is 5. The van der Waals surface area contributed by atoms with Gasteiger partial charge in [-0.2, -0.15) is 0 Å². The molecule has 0 aliphatic heterocycles. The van der Waals surface area contributed by atoms with E-state index >= 15 is 0 Å². The van der Waals surface area contributed by atoms with Gasteiger partial charge in [0.1, 0.15) is 5.76 Å². The fourth-order valence-corrected chi connectivity index (χ4v) is 4.32. The van der Waals surface area contributed by atoms with E-state index in [2.05, 4.69) is 23.2 Å². The van der Waals surface area contributed by atoms with Gasteiger partial charge in [-0.15, -0.1) is 0 Å². The van der Waals surface area contributed by atoms with Crippen molar-refractivity contribution in [3.8, 4) is 0 Å². The Hall–Kier alpha value is -1.69. The molecule has 2 aromatic rings. The maximum Gasteiger partial charge on any atom is 0.373 e. The normalized spacial score (nSPS) is 15.6. The molecule has 1 aliphatic carbocycles. The number of furan rings is 1. The Morgan fingerprint density at radius 1 is 1.33 bits per heavy atom. The second-order valence-corrected chi connectivity index (χ2v) is 7.22. The minimum Gasteiger partial charge on any atom is -0.463 e. The second kappa shape index (κ2) is 7.47. The summed E-state index contributed by atoms with van der Waals surface area (Å²) in [5, 5.41) is 1.05. The summed E-state index contributed by atoms with van der Waals surface area (Å²) >= 11 is 1.67. The third-order valence-electron chi connectivity index (χ3n) is 4.69. The van der Waals surface area contributed by atoms with E-state index in [1.807, 2.05) is 6.07 Å². The van der Waals surface area contributed by atoms with Crippen LogP contribution in [0.2, 0.25) is 0 Å². The SMILES string of the molecule is COC(=O)c1ccc(CSc2nc(C)c(C)n2C2CCCCC2)o1. The molecule has 2 heterocycles. The molecular weight excluding hydrogens is 324 g/mol. The molecule has 0 saturated heterocycles. The van der Waals surface area contributed by atoms with Crippen molar-refractivity contribution in [3.05, 3.63) is 35.0 Å². The van der Waals surface area contributed by atoms with E-state index in [-0.39, 0.29) is 5.76 Å². The Balaban J connectivity index is 1.74. The Kier molecular flexibility index (Phi) is 5.33. The van der Waals surface area contributed by atoms with E-state index in [4.69, 9.17) is 9.40 Å². The minimum atomic E-state index is -0.443. The van der Waals surface area contributed by atoms with Crippen molar-refractivity contribution in [1.82, 2.24) is 9.55 Å². The summed E-state index contributed by atoms with van der Waals surface area (Å²) in [5.74, 6) is 1.21. The predicted octanol–water partition coefficient (Wildman–Crippen LogP) is 4.68. The van der Waals surface area contributed by atoms with Crippen molar-refractivity contribution in [2.24, 2.45) is 0 Å². The van der Waals surface area contributed by atoms with Crippen molar-refractivity contribution in [3.63, 3.8) is 0 Å². The zero-order chi connectivity index (χ0) is 17.1. The molecule has 130 valence electrons. The van der Waals surface area contributed by atoms with Gasteiger partial charge < -0.3 is 13.7 Å². The molecule has 0 amide bonds. The monoisotopic (exact) mass is 348 g/mol. The Morgan fingerprint density at radius 3 is 2.79 bits per heavy atom. The molecule has 3 rings (SSSR count). The average Bonchev–Trinajstić information content (AvgIpc) is 3.18. The number of carbonyl (C=O) groups is 1. The third kappa shape index (κ3) is 3.53. The summed E-state index contributed by atoms with van der Waals surface area (Å²) in [6.45, 7) is 4.23. The van der Waals surface area contributed by atoms with E-state index in [9.17, 15) is 4.79 Å². The lowest BCUT2D eigenvalue weighted by Gasteiger charge is -2.25. The number of aryl methyl sites for hydroxylation is 1. The van der Waals surface area contributed by atoms with Crippen molar-refractivity contribution in [2.75, 3.05) is 7.11 Å². The lowest BCUT2D eigenvalue weighted by Crippen LogP contribution is -2.15. The van der Waals surface area contributed by atoms with Crippen molar-refractivity contribution >= 4 is 17.7 Å². The molecular formula is C18H24N2O3S. The Labute approximate surface area is 146 Å². The summed E-state index contributed by atoms with van der Waals surface area (Å²) in [6, 6.07) is 4.04. The van der Waals surface area contributed by atoms with Crippen LogP contribution in [0, 0.1) is 13.8 Å². The van der Waals surface area contributed by atoms with Gasteiger partial charge in [-0.05, 0) is 38.8 Å². The van der Waals surface area contributed by atoms with Gasteiger partial charge in [0, 0.05) is 11.7 Å². The summed E-state index contributed by atoms with van der Waals surface area (Å²) in [7, 11) is 1.35. The zero-order valence-corrected chi connectivity index (χ0v) is 15.3. The van der Waals surface area contributed by atoms with Gasteiger partial charge in [-0.25, -0.2) is 9.78 Å². The molecule has 6 heteroatoms. The van der Waals surface area contributed by atoms with E-state index < -0.39 is 5.97 Å². The molecule has 0 N–H and O–H groups in total. The van der Waals surface area contributed by atoms with Crippen molar-refractivity contribution < 1.29 is 13.9 Å². The number of ether oxygens (including phenoxy) is 1. The van der Waals surface area contributed by atoms with Gasteiger partial charge in [-0.1, -0.05) is 31.0 Å². The molecule has 0 atom stereocenters. The highest BCUT2D eigenvalue weighted by atomic mass is 32.2. The van der Waals surface area contributed by atoms with Crippen LogP contribution in [0.1, 0.15) is 65.8 Å².